The lowest BCUT2D eigenvalue weighted by Gasteiger charge is -2.16. The highest BCUT2D eigenvalue weighted by Crippen LogP contribution is 2.41. The molecule has 4 aromatic heterocycles. The number of nitrogens with zero attached hydrogens (tertiary/aromatic N) is 8. The SMILES string of the molecule is CC(Cc1nc2cc(/C=C/C(=O)NO)ccc2n1CCCO)c1ccccc1.COc1cc(-c2nc3cc(/C=C/C(=O)NO)ccc3n2C)ccc1OCc1ccccc1.COc1cc(-c2nc3cc(/C=C/C(=O)NO)ccc3n2CCCO)ccc1OCc1ccccc1.COc1cc(Cn2c(CCc3ccccc3)nc3cc(/C=C/C(=O)NO)ccc32)cc(OC)c1OC. The number of methoxy groups -OCH3 is 5. The largest absolute Gasteiger partial charge is 0.493 e. The Kier molecular flexibility index (Phi) is 34.2. The smallest absolute Gasteiger partial charge is 0.267 e. The maximum Gasteiger partial charge on any atom is 0.267 e. The van der Waals surface area contributed by atoms with Crippen LogP contribution in [-0.4, -0.2) is 142 Å². The normalized spacial score (nSPS) is 11.4. The van der Waals surface area contributed by atoms with Crippen molar-refractivity contribution in [2.75, 3.05) is 48.8 Å². The molecule has 0 aliphatic heterocycles. The summed E-state index contributed by atoms with van der Waals surface area (Å²) in [6.45, 7) is 5.09. The van der Waals surface area contributed by atoms with Crippen LogP contribution in [0.3, 0.4) is 0 Å². The number of carbonyl (C=O) groups is 4. The molecule has 15 rings (SSSR count). The summed E-state index contributed by atoms with van der Waals surface area (Å²) in [7, 11) is 9.96. The van der Waals surface area contributed by atoms with Gasteiger partial charge in [-0.2, -0.15) is 0 Å². The van der Waals surface area contributed by atoms with Gasteiger partial charge >= 0.3 is 0 Å². The van der Waals surface area contributed by atoms with Crippen molar-refractivity contribution in [2.24, 2.45) is 7.05 Å². The summed E-state index contributed by atoms with van der Waals surface area (Å²) in [5.41, 5.74) is 23.9. The summed E-state index contributed by atoms with van der Waals surface area (Å²) in [4.78, 5) is 64.5. The number of amides is 4. The molecule has 4 amide bonds. The van der Waals surface area contributed by atoms with E-state index in [9.17, 15) is 29.4 Å². The first-order valence-corrected chi connectivity index (χ1v) is 42.1. The fourth-order valence-electron chi connectivity index (χ4n) is 14.7. The van der Waals surface area contributed by atoms with Crippen molar-refractivity contribution in [2.45, 2.75) is 77.8 Å². The molecule has 4 heterocycles. The number of aromatic nitrogens is 8. The third-order valence-electron chi connectivity index (χ3n) is 21.3. The second kappa shape index (κ2) is 47.3. The van der Waals surface area contributed by atoms with E-state index in [0.29, 0.717) is 91.9 Å². The molecule has 131 heavy (non-hydrogen) atoms. The minimum Gasteiger partial charge on any atom is -0.493 e. The van der Waals surface area contributed by atoms with Gasteiger partial charge in [0.25, 0.3) is 23.6 Å². The van der Waals surface area contributed by atoms with Crippen LogP contribution < -0.4 is 55.1 Å². The van der Waals surface area contributed by atoms with E-state index in [-0.39, 0.29) is 13.2 Å². The lowest BCUT2D eigenvalue weighted by atomic mass is 9.97. The second-order valence-electron chi connectivity index (χ2n) is 30.1. The highest BCUT2D eigenvalue weighted by molar-refractivity contribution is 5.95. The number of hydrogen-bond acceptors (Lipinski definition) is 21. The summed E-state index contributed by atoms with van der Waals surface area (Å²) in [6.07, 6.45) is 15.1. The topological polar surface area (TPSA) is 374 Å². The molecule has 0 radical (unpaired) electrons. The van der Waals surface area contributed by atoms with Crippen LogP contribution in [0.1, 0.15) is 87.4 Å². The Morgan fingerprint density at radius 2 is 0.756 bits per heavy atom. The molecule has 0 fully saturated rings. The van der Waals surface area contributed by atoms with Crippen molar-refractivity contribution in [3.63, 3.8) is 0 Å². The van der Waals surface area contributed by atoms with Crippen molar-refractivity contribution in [1.82, 2.24) is 60.1 Å². The first-order valence-electron chi connectivity index (χ1n) is 42.1. The van der Waals surface area contributed by atoms with Crippen LogP contribution in [0, 0.1) is 0 Å². The van der Waals surface area contributed by atoms with Gasteiger partial charge in [-0.05, 0) is 197 Å². The number of fused-ring (bicyclic) bond motifs is 4. The molecule has 0 saturated heterocycles. The van der Waals surface area contributed by atoms with Crippen molar-refractivity contribution in [3.05, 3.63) is 329 Å². The maximum absolute atomic E-state index is 11.4. The van der Waals surface area contributed by atoms with Gasteiger partial charge in [0.1, 0.15) is 36.5 Å². The molecule has 11 aromatic carbocycles. The van der Waals surface area contributed by atoms with Gasteiger partial charge < -0.3 is 61.6 Å². The lowest BCUT2D eigenvalue weighted by Crippen LogP contribution is -2.14. The monoisotopic (exact) mass is 1770 g/mol. The van der Waals surface area contributed by atoms with Gasteiger partial charge in [0, 0.05) is 88.2 Å². The number of carbonyl (C=O) groups excluding carboxylic acids is 4. The predicted molar refractivity (Wildman–Crippen MR) is 502 cm³/mol. The summed E-state index contributed by atoms with van der Waals surface area (Å²) < 4.78 is 48.1. The van der Waals surface area contributed by atoms with E-state index in [4.69, 9.17) is 73.9 Å². The Balaban J connectivity index is 0.000000159. The molecule has 15 aromatic rings. The minimum absolute atomic E-state index is 0.0613. The molecule has 0 saturated carbocycles. The molecular formula is C102H104N12O17. The van der Waals surface area contributed by atoms with Crippen LogP contribution in [0.2, 0.25) is 0 Å². The summed E-state index contributed by atoms with van der Waals surface area (Å²) in [5.74, 6) is 5.64. The second-order valence-corrected chi connectivity index (χ2v) is 30.1. The van der Waals surface area contributed by atoms with Crippen LogP contribution in [0.4, 0.5) is 0 Å². The third-order valence-corrected chi connectivity index (χ3v) is 21.3. The van der Waals surface area contributed by atoms with Gasteiger partial charge in [0.15, 0.2) is 34.5 Å². The van der Waals surface area contributed by atoms with E-state index >= 15 is 0 Å². The number of aryl methyl sites for hydroxylation is 5. The summed E-state index contributed by atoms with van der Waals surface area (Å²) >= 11 is 0. The number of aliphatic hydroxyl groups excluding tert-OH is 2. The standard InChI is InChI=1S/C28H29N3O5.C27H27N3O5.C25H23N3O4.C22H25N3O3/c1-34-24-16-21(17-25(35-2)28(24)36-3)18-31-23-12-9-20(11-14-27(32)30-33)15-22(23)29-26(31)13-10-19-7-5-4-6-8-19;1-34-25-17-21(10-12-24(25)35-18-20-6-3-2-4-7-20)27-28-22-16-19(9-13-26(32)29-33)8-11-23(22)30(27)14-5-15-31;1-28-21-11-8-17(9-13-24(29)27-30)14-20(21)26-25(28)19-10-12-22(23(15-19)31-2)32-16-18-6-4-3-5-7-18;1-16(18-6-3-2-4-7-18)14-21-23-19-15-17(9-11-22(27)24-28)8-10-20(19)25(21)12-5-13-26/h4-9,11-12,14-17,33H,10,13,18H2,1-3H3,(H,30,32);2-4,6-13,16-17,31,33H,5,14-15,18H2,1H3,(H,29,32);3-15,30H,16H2,1-2H3,(H,27,29);2-4,6-11,15-16,26,28H,5,12-14H2,1H3,(H,24,27)/b14-11+;2*13-9+;11-9+. The van der Waals surface area contributed by atoms with Gasteiger partial charge in [0.2, 0.25) is 5.75 Å². The summed E-state index contributed by atoms with van der Waals surface area (Å²) in [5, 5.41) is 53.3. The number of benzene rings is 11. The molecule has 674 valence electrons. The molecule has 0 bridgehead atoms. The fourth-order valence-corrected chi connectivity index (χ4v) is 14.7. The molecule has 29 nitrogen and oxygen atoms in total. The molecule has 1 unspecified atom stereocenters. The molecular weight excluding hydrogens is 1670 g/mol. The van der Waals surface area contributed by atoms with Crippen LogP contribution in [0.25, 0.3) is 91.2 Å². The maximum atomic E-state index is 11.4. The Morgan fingerprint density at radius 1 is 0.374 bits per heavy atom. The highest BCUT2D eigenvalue weighted by Gasteiger charge is 2.22. The van der Waals surface area contributed by atoms with E-state index in [1.165, 1.54) is 35.4 Å². The zero-order valence-electron chi connectivity index (χ0n) is 73.5. The van der Waals surface area contributed by atoms with Crippen molar-refractivity contribution in [3.8, 4) is 63.0 Å². The third kappa shape index (κ3) is 25.3. The summed E-state index contributed by atoms with van der Waals surface area (Å²) in [6, 6.07) is 78.9. The number of hydrogen-bond donors (Lipinski definition) is 10. The van der Waals surface area contributed by atoms with E-state index in [2.05, 4.69) is 44.9 Å². The number of imidazole rings is 4. The first kappa shape index (κ1) is 94.6. The van der Waals surface area contributed by atoms with Crippen LogP contribution in [0.15, 0.2) is 267 Å². The predicted octanol–water partition coefficient (Wildman–Crippen LogP) is 16.2. The zero-order chi connectivity index (χ0) is 92.5. The van der Waals surface area contributed by atoms with Gasteiger partial charge in [-0.3, -0.25) is 40.0 Å². The van der Waals surface area contributed by atoms with Gasteiger partial charge in [-0.15, -0.1) is 0 Å². The van der Waals surface area contributed by atoms with Gasteiger partial charge in [-0.1, -0.05) is 153 Å². The van der Waals surface area contributed by atoms with Crippen molar-refractivity contribution >= 4 is 92.1 Å². The number of ether oxygens (including phenoxy) is 7. The highest BCUT2D eigenvalue weighted by atomic mass is 16.5. The Bertz CT molecular complexity index is 6480. The van der Waals surface area contributed by atoms with Crippen molar-refractivity contribution < 1.29 is 83.4 Å². The number of nitrogens with one attached hydrogen (secondary N) is 4. The molecule has 0 aliphatic carbocycles. The van der Waals surface area contributed by atoms with Crippen LogP contribution in [0.5, 0.6) is 40.2 Å². The Morgan fingerprint density at radius 3 is 1.19 bits per heavy atom. The van der Waals surface area contributed by atoms with Crippen LogP contribution >= 0.6 is 0 Å². The molecule has 29 heteroatoms. The Hall–Kier alpha value is -15.5. The van der Waals surface area contributed by atoms with E-state index in [0.717, 1.165) is 137 Å². The molecule has 1 atom stereocenters. The molecule has 10 N–H and O–H groups in total. The molecule has 0 aliphatic rings. The van der Waals surface area contributed by atoms with E-state index in [1.807, 2.05) is 230 Å². The molecule has 0 spiro atoms. The number of aliphatic hydroxyl groups is 2. The average Bonchev–Trinajstić information content (AvgIpc) is 1.60. The van der Waals surface area contributed by atoms with E-state index < -0.39 is 23.6 Å². The van der Waals surface area contributed by atoms with Gasteiger partial charge in [0.05, 0.1) is 79.7 Å². The number of rotatable bonds is 35. The first-order chi connectivity index (χ1) is 63.9. The Labute approximate surface area is 756 Å². The zero-order valence-corrected chi connectivity index (χ0v) is 73.5. The number of hydroxylamine groups is 4. The quantitative estimate of drug-likeness (QED) is 0.0100. The van der Waals surface area contributed by atoms with Crippen LogP contribution in [-0.2, 0) is 78.3 Å². The minimum atomic E-state index is -0.610. The van der Waals surface area contributed by atoms with Gasteiger partial charge in [-0.25, -0.2) is 41.9 Å². The van der Waals surface area contributed by atoms with Crippen molar-refractivity contribution in [1.29, 1.82) is 0 Å². The lowest BCUT2D eigenvalue weighted by molar-refractivity contribution is -0.124. The fraction of sp³-hybridized carbons (Fsp3) is 0.196. The van der Waals surface area contributed by atoms with E-state index in [1.54, 1.807) is 81.8 Å². The average molecular weight is 1770 g/mol.